The highest BCUT2D eigenvalue weighted by Gasteiger charge is 2.41. The maximum Gasteiger partial charge on any atom is 0.296 e. The molecular weight excluding hydrogens is 356 g/mol. The van der Waals surface area contributed by atoms with Crippen molar-refractivity contribution in [1.82, 2.24) is 9.47 Å². The van der Waals surface area contributed by atoms with Gasteiger partial charge in [-0.1, -0.05) is 18.2 Å². The number of nitrogens with zero attached hydrogens (tertiary/aromatic N) is 2. The Morgan fingerprint density at radius 3 is 2.43 bits per heavy atom. The molecule has 0 bridgehead atoms. The first-order chi connectivity index (χ1) is 13.5. The molecule has 6 heteroatoms. The Bertz CT molecular complexity index is 886. The van der Waals surface area contributed by atoms with E-state index in [1.807, 2.05) is 16.8 Å². The second kappa shape index (κ2) is 7.53. The molecule has 0 saturated carbocycles. The molecule has 3 heterocycles. The van der Waals surface area contributed by atoms with Crippen molar-refractivity contribution < 1.29 is 19.1 Å². The quantitative estimate of drug-likeness (QED) is 0.603. The largest absolute Gasteiger partial charge is 0.347 e. The normalized spacial score (nSPS) is 18.6. The fraction of sp³-hybridized carbons (Fsp3) is 0.455. The van der Waals surface area contributed by atoms with Gasteiger partial charge < -0.3 is 18.9 Å². The van der Waals surface area contributed by atoms with Gasteiger partial charge in [0.05, 0.1) is 18.9 Å². The minimum Gasteiger partial charge on any atom is -0.347 e. The molecule has 148 valence electrons. The molecule has 0 radical (unpaired) electrons. The van der Waals surface area contributed by atoms with E-state index in [0.717, 1.165) is 5.56 Å². The molecule has 28 heavy (non-hydrogen) atoms. The van der Waals surface area contributed by atoms with Gasteiger partial charge in [0.15, 0.2) is 5.79 Å². The molecule has 0 aliphatic carbocycles. The summed E-state index contributed by atoms with van der Waals surface area (Å²) in [5, 5.41) is 0. The molecule has 1 spiro atoms. The van der Waals surface area contributed by atoms with E-state index in [9.17, 15) is 9.59 Å². The molecule has 1 aromatic heterocycles. The van der Waals surface area contributed by atoms with Crippen LogP contribution in [0.5, 0.6) is 0 Å². The number of ketones is 1. The molecule has 0 N–H and O–H groups in total. The average molecular weight is 382 g/mol. The lowest BCUT2D eigenvalue weighted by atomic mass is 10.0. The van der Waals surface area contributed by atoms with Crippen LogP contribution in [0.2, 0.25) is 0 Å². The van der Waals surface area contributed by atoms with E-state index in [4.69, 9.17) is 9.47 Å². The Kier molecular flexibility index (Phi) is 5.08. The Morgan fingerprint density at radius 2 is 1.75 bits per heavy atom. The monoisotopic (exact) mass is 382 g/mol. The topological polar surface area (TPSA) is 60.8 Å². The van der Waals surface area contributed by atoms with Gasteiger partial charge in [0.25, 0.3) is 11.7 Å². The molecule has 2 saturated heterocycles. The van der Waals surface area contributed by atoms with Crippen molar-refractivity contribution in [3.63, 3.8) is 0 Å². The third-order valence-electron chi connectivity index (χ3n) is 5.81. The maximum absolute atomic E-state index is 12.9. The Labute approximate surface area is 165 Å². The fourth-order valence-electron chi connectivity index (χ4n) is 3.95. The van der Waals surface area contributed by atoms with Crippen LogP contribution in [-0.4, -0.2) is 53.2 Å². The summed E-state index contributed by atoms with van der Waals surface area (Å²) in [5.74, 6) is -1.46. The second-order valence-corrected chi connectivity index (χ2v) is 7.67. The van der Waals surface area contributed by atoms with E-state index < -0.39 is 17.5 Å². The van der Waals surface area contributed by atoms with Crippen LogP contribution >= 0.6 is 0 Å². The maximum atomic E-state index is 12.9. The van der Waals surface area contributed by atoms with Crippen LogP contribution in [0.25, 0.3) is 0 Å². The van der Waals surface area contributed by atoms with Crippen molar-refractivity contribution >= 4 is 11.7 Å². The predicted octanol–water partition coefficient (Wildman–Crippen LogP) is 2.70. The number of carbonyl (C=O) groups excluding carboxylic acids is 2. The van der Waals surface area contributed by atoms with Crippen LogP contribution in [0.4, 0.5) is 0 Å². The zero-order valence-corrected chi connectivity index (χ0v) is 16.4. The standard InChI is InChI=1S/C22H26N2O4/c1-16-5-6-18(14-17(16)2)15-24-9-3-4-19(24)20(25)21(26)23-10-7-22(8-11-23)27-12-13-28-22/h3-6,9,14H,7-8,10-13,15H2,1-2H3. The number of piperidine rings is 1. The number of aromatic nitrogens is 1. The van der Waals surface area contributed by atoms with Gasteiger partial charge in [-0.25, -0.2) is 0 Å². The zero-order chi connectivity index (χ0) is 19.7. The average Bonchev–Trinajstić information content (AvgIpc) is 3.34. The van der Waals surface area contributed by atoms with Gasteiger partial charge in [0.1, 0.15) is 0 Å². The SMILES string of the molecule is Cc1ccc(Cn2cccc2C(=O)C(=O)N2CCC3(CC2)OCCO3)cc1C. The molecule has 4 rings (SSSR count). The van der Waals surface area contributed by atoms with Gasteiger partial charge in [-0.2, -0.15) is 0 Å². The van der Waals surface area contributed by atoms with Crippen LogP contribution in [0.1, 0.15) is 40.0 Å². The number of ether oxygens (including phenoxy) is 2. The van der Waals surface area contributed by atoms with Gasteiger partial charge in [-0.15, -0.1) is 0 Å². The Hall–Kier alpha value is -2.44. The number of rotatable bonds is 4. The number of amides is 1. The van der Waals surface area contributed by atoms with Crippen molar-refractivity contribution in [2.24, 2.45) is 0 Å². The third kappa shape index (κ3) is 3.62. The molecule has 0 atom stereocenters. The molecular formula is C22H26N2O4. The number of carbonyl (C=O) groups is 2. The summed E-state index contributed by atoms with van der Waals surface area (Å²) >= 11 is 0. The van der Waals surface area contributed by atoms with E-state index in [1.54, 1.807) is 11.0 Å². The summed E-state index contributed by atoms with van der Waals surface area (Å²) in [7, 11) is 0. The first-order valence-corrected chi connectivity index (χ1v) is 9.80. The first kappa shape index (κ1) is 18.9. The van der Waals surface area contributed by atoms with Crippen molar-refractivity contribution in [2.75, 3.05) is 26.3 Å². The smallest absolute Gasteiger partial charge is 0.296 e. The second-order valence-electron chi connectivity index (χ2n) is 7.67. The fourth-order valence-corrected chi connectivity index (χ4v) is 3.95. The number of benzene rings is 1. The van der Waals surface area contributed by atoms with Crippen LogP contribution in [0, 0.1) is 13.8 Å². The van der Waals surface area contributed by atoms with E-state index in [-0.39, 0.29) is 0 Å². The third-order valence-corrected chi connectivity index (χ3v) is 5.81. The number of likely N-dealkylation sites (tertiary alicyclic amines) is 1. The zero-order valence-electron chi connectivity index (χ0n) is 16.4. The number of Topliss-reactive ketones (excluding diaryl/α,β-unsaturated/α-hetero) is 1. The van der Waals surface area contributed by atoms with Crippen molar-refractivity contribution in [1.29, 1.82) is 0 Å². The highest BCUT2D eigenvalue weighted by atomic mass is 16.7. The number of hydrogen-bond acceptors (Lipinski definition) is 4. The van der Waals surface area contributed by atoms with Crippen LogP contribution in [-0.2, 0) is 20.8 Å². The van der Waals surface area contributed by atoms with E-state index in [0.29, 0.717) is 51.4 Å². The van der Waals surface area contributed by atoms with Crippen molar-refractivity contribution in [3.8, 4) is 0 Å². The number of hydrogen-bond donors (Lipinski definition) is 0. The lowest BCUT2D eigenvalue weighted by molar-refractivity contribution is -0.186. The summed E-state index contributed by atoms with van der Waals surface area (Å²) in [6.07, 6.45) is 3.06. The van der Waals surface area contributed by atoms with Gasteiger partial charge in [-0.05, 0) is 42.7 Å². The van der Waals surface area contributed by atoms with Gasteiger partial charge in [-0.3, -0.25) is 9.59 Å². The van der Waals surface area contributed by atoms with E-state index in [1.165, 1.54) is 11.1 Å². The van der Waals surface area contributed by atoms with Crippen LogP contribution in [0.3, 0.4) is 0 Å². The lowest BCUT2D eigenvalue weighted by Crippen LogP contribution is -2.49. The highest BCUT2D eigenvalue weighted by molar-refractivity contribution is 6.42. The molecule has 1 amide bonds. The van der Waals surface area contributed by atoms with Crippen molar-refractivity contribution in [2.45, 2.75) is 39.0 Å². The summed E-state index contributed by atoms with van der Waals surface area (Å²) in [6.45, 7) is 6.85. The molecule has 0 unspecified atom stereocenters. The molecule has 2 aliphatic heterocycles. The van der Waals surface area contributed by atoms with Gasteiger partial charge in [0.2, 0.25) is 0 Å². The summed E-state index contributed by atoms with van der Waals surface area (Å²) in [4.78, 5) is 27.3. The van der Waals surface area contributed by atoms with Gasteiger partial charge in [0, 0.05) is 38.7 Å². The summed E-state index contributed by atoms with van der Waals surface area (Å²) in [5.41, 5.74) is 3.99. The minimum absolute atomic E-state index is 0.428. The summed E-state index contributed by atoms with van der Waals surface area (Å²) in [6, 6.07) is 9.79. The van der Waals surface area contributed by atoms with Gasteiger partial charge >= 0.3 is 0 Å². The number of aryl methyl sites for hydroxylation is 2. The molecule has 6 nitrogen and oxygen atoms in total. The van der Waals surface area contributed by atoms with Crippen LogP contribution in [0.15, 0.2) is 36.5 Å². The Morgan fingerprint density at radius 1 is 1.04 bits per heavy atom. The molecule has 2 aromatic rings. The minimum atomic E-state index is -0.552. The predicted molar refractivity (Wildman–Crippen MR) is 104 cm³/mol. The molecule has 2 aliphatic rings. The van der Waals surface area contributed by atoms with E-state index in [2.05, 4.69) is 32.0 Å². The molecule has 1 aromatic carbocycles. The van der Waals surface area contributed by atoms with Crippen LogP contribution < -0.4 is 0 Å². The lowest BCUT2D eigenvalue weighted by Gasteiger charge is -2.37. The molecule has 2 fully saturated rings. The highest BCUT2D eigenvalue weighted by Crippen LogP contribution is 2.31. The Balaban J connectivity index is 1.44. The summed E-state index contributed by atoms with van der Waals surface area (Å²) < 4.78 is 13.2. The van der Waals surface area contributed by atoms with Crippen molar-refractivity contribution in [3.05, 3.63) is 58.9 Å². The van der Waals surface area contributed by atoms with E-state index >= 15 is 0 Å². The first-order valence-electron chi connectivity index (χ1n) is 9.80.